The lowest BCUT2D eigenvalue weighted by Gasteiger charge is -2.28. The van der Waals surface area contributed by atoms with E-state index in [0.29, 0.717) is 17.9 Å². The molecule has 0 radical (unpaired) electrons. The van der Waals surface area contributed by atoms with Gasteiger partial charge in [-0.2, -0.15) is 0 Å². The first-order chi connectivity index (χ1) is 8.72. The number of rotatable bonds is 4. The van der Waals surface area contributed by atoms with Gasteiger partial charge in [0, 0.05) is 32.0 Å². The Labute approximate surface area is 112 Å². The molecular formula is C13H18ClFN2O. The zero-order valence-corrected chi connectivity index (χ0v) is 11.3. The predicted octanol–water partition coefficient (Wildman–Crippen LogP) is 2.96. The van der Waals surface area contributed by atoms with Crippen molar-refractivity contribution in [1.29, 1.82) is 0 Å². The molecule has 0 spiro atoms. The molecule has 3 nitrogen and oxygen atoms in total. The molecule has 2 rings (SSSR count). The lowest BCUT2D eigenvalue weighted by atomic mass is 10.1. The maximum atomic E-state index is 14.0. The van der Waals surface area contributed by atoms with E-state index in [2.05, 4.69) is 4.98 Å². The van der Waals surface area contributed by atoms with Gasteiger partial charge in [0.05, 0.1) is 12.0 Å². The molecule has 1 aromatic heterocycles. The van der Waals surface area contributed by atoms with Crippen LogP contribution in [0.1, 0.15) is 24.8 Å². The number of halogens is 2. The standard InChI is InChI=1S/C13H18ClFN2O/c1-17(9-11-4-2-3-7-18-11)13-12(15)10(8-14)5-6-16-13/h5-6,11H,2-4,7-9H2,1H3. The molecule has 18 heavy (non-hydrogen) atoms. The van der Waals surface area contributed by atoms with Crippen LogP contribution in [0.4, 0.5) is 10.2 Å². The third-order valence-corrected chi connectivity index (χ3v) is 3.50. The van der Waals surface area contributed by atoms with Gasteiger partial charge in [-0.15, -0.1) is 11.6 Å². The molecule has 1 aliphatic rings. The van der Waals surface area contributed by atoms with Crippen LogP contribution < -0.4 is 4.90 Å². The average Bonchev–Trinajstić information content (AvgIpc) is 2.40. The molecule has 1 unspecified atom stereocenters. The summed E-state index contributed by atoms with van der Waals surface area (Å²) in [6.07, 6.45) is 5.09. The molecule has 0 saturated carbocycles. The maximum Gasteiger partial charge on any atom is 0.170 e. The highest BCUT2D eigenvalue weighted by molar-refractivity contribution is 6.17. The number of hydrogen-bond acceptors (Lipinski definition) is 3. The van der Waals surface area contributed by atoms with Crippen LogP contribution in [0.2, 0.25) is 0 Å². The second-order valence-electron chi connectivity index (χ2n) is 4.61. The fraction of sp³-hybridized carbons (Fsp3) is 0.615. The fourth-order valence-electron chi connectivity index (χ4n) is 2.18. The molecule has 1 saturated heterocycles. The largest absolute Gasteiger partial charge is 0.376 e. The molecular weight excluding hydrogens is 255 g/mol. The third kappa shape index (κ3) is 3.12. The number of likely N-dealkylation sites (N-methyl/N-ethyl adjacent to an activating group) is 1. The fourth-order valence-corrected chi connectivity index (χ4v) is 2.39. The number of nitrogens with zero attached hydrogens (tertiary/aromatic N) is 2. The lowest BCUT2D eigenvalue weighted by Crippen LogP contribution is -2.34. The minimum absolute atomic E-state index is 0.162. The zero-order chi connectivity index (χ0) is 13.0. The molecule has 100 valence electrons. The predicted molar refractivity (Wildman–Crippen MR) is 70.6 cm³/mol. The third-order valence-electron chi connectivity index (χ3n) is 3.21. The monoisotopic (exact) mass is 272 g/mol. The molecule has 5 heteroatoms. The number of hydrogen-bond donors (Lipinski definition) is 0. The Morgan fingerprint density at radius 3 is 3.06 bits per heavy atom. The topological polar surface area (TPSA) is 25.4 Å². The van der Waals surface area contributed by atoms with Gasteiger partial charge in [-0.25, -0.2) is 9.37 Å². The molecule has 1 aromatic rings. The van der Waals surface area contributed by atoms with Crippen molar-refractivity contribution in [3.8, 4) is 0 Å². The summed E-state index contributed by atoms with van der Waals surface area (Å²) < 4.78 is 19.7. The van der Waals surface area contributed by atoms with E-state index in [-0.39, 0.29) is 17.8 Å². The lowest BCUT2D eigenvalue weighted by molar-refractivity contribution is 0.0214. The molecule has 1 aliphatic heterocycles. The first kappa shape index (κ1) is 13.6. The van der Waals surface area contributed by atoms with Crippen molar-refractivity contribution in [2.45, 2.75) is 31.2 Å². The molecule has 1 atom stereocenters. The van der Waals surface area contributed by atoms with Gasteiger partial charge >= 0.3 is 0 Å². The molecule has 0 amide bonds. The van der Waals surface area contributed by atoms with Crippen LogP contribution >= 0.6 is 11.6 Å². The summed E-state index contributed by atoms with van der Waals surface area (Å²) in [6.45, 7) is 1.46. The number of aromatic nitrogens is 1. The van der Waals surface area contributed by atoms with Crippen molar-refractivity contribution in [2.75, 3.05) is 25.1 Å². The summed E-state index contributed by atoms with van der Waals surface area (Å²) in [6, 6.07) is 1.61. The van der Waals surface area contributed by atoms with Crippen molar-refractivity contribution in [3.63, 3.8) is 0 Å². The van der Waals surface area contributed by atoms with Crippen LogP contribution in [0.25, 0.3) is 0 Å². The van der Waals surface area contributed by atoms with Gasteiger partial charge in [0.25, 0.3) is 0 Å². The quantitative estimate of drug-likeness (QED) is 0.788. The van der Waals surface area contributed by atoms with E-state index < -0.39 is 0 Å². The van der Waals surface area contributed by atoms with Crippen molar-refractivity contribution in [1.82, 2.24) is 4.98 Å². The summed E-state index contributed by atoms with van der Waals surface area (Å²) in [7, 11) is 1.83. The molecule has 1 fully saturated rings. The van der Waals surface area contributed by atoms with Crippen LogP contribution in [0.5, 0.6) is 0 Å². The Bertz CT molecular complexity index is 397. The van der Waals surface area contributed by atoms with Crippen LogP contribution in [-0.2, 0) is 10.6 Å². The highest BCUT2D eigenvalue weighted by Gasteiger charge is 2.19. The van der Waals surface area contributed by atoms with Gasteiger partial charge in [0.1, 0.15) is 0 Å². The van der Waals surface area contributed by atoms with Crippen LogP contribution in [0.3, 0.4) is 0 Å². The average molecular weight is 273 g/mol. The summed E-state index contributed by atoms with van der Waals surface area (Å²) in [4.78, 5) is 5.90. The first-order valence-corrected chi connectivity index (χ1v) is 6.78. The van der Waals surface area contributed by atoms with Crippen LogP contribution in [0, 0.1) is 5.82 Å². The minimum Gasteiger partial charge on any atom is -0.376 e. The summed E-state index contributed by atoms with van der Waals surface area (Å²) >= 11 is 5.69. The number of pyridine rings is 1. The van der Waals surface area contributed by atoms with Gasteiger partial charge in [0.2, 0.25) is 0 Å². The SMILES string of the molecule is CN(CC1CCCCO1)c1nccc(CCl)c1F. The Morgan fingerprint density at radius 1 is 1.56 bits per heavy atom. The van der Waals surface area contributed by atoms with Gasteiger partial charge < -0.3 is 9.64 Å². The molecule has 0 bridgehead atoms. The van der Waals surface area contributed by atoms with Gasteiger partial charge in [-0.1, -0.05) is 0 Å². The smallest absolute Gasteiger partial charge is 0.170 e. The van der Waals surface area contributed by atoms with Gasteiger partial charge in [0.15, 0.2) is 11.6 Å². The van der Waals surface area contributed by atoms with E-state index in [4.69, 9.17) is 16.3 Å². The highest BCUT2D eigenvalue weighted by Crippen LogP contribution is 2.21. The Kier molecular flexibility index (Phi) is 4.78. The second-order valence-corrected chi connectivity index (χ2v) is 4.88. The van der Waals surface area contributed by atoms with E-state index in [0.717, 1.165) is 19.4 Å². The van der Waals surface area contributed by atoms with Crippen molar-refractivity contribution in [2.24, 2.45) is 0 Å². The Hall–Kier alpha value is -0.870. The summed E-state index contributed by atoms with van der Waals surface area (Å²) in [5.41, 5.74) is 0.484. The highest BCUT2D eigenvalue weighted by atomic mass is 35.5. The maximum absolute atomic E-state index is 14.0. The zero-order valence-electron chi connectivity index (χ0n) is 10.5. The summed E-state index contributed by atoms with van der Waals surface area (Å²) in [5.74, 6) is 0.183. The molecule has 2 heterocycles. The summed E-state index contributed by atoms with van der Waals surface area (Å²) in [5, 5.41) is 0. The van der Waals surface area contributed by atoms with Crippen molar-refractivity contribution in [3.05, 3.63) is 23.6 Å². The van der Waals surface area contributed by atoms with Gasteiger partial charge in [-0.05, 0) is 25.3 Å². The number of anilines is 1. The van der Waals surface area contributed by atoms with Crippen molar-refractivity contribution < 1.29 is 9.13 Å². The normalized spacial score (nSPS) is 19.8. The van der Waals surface area contributed by atoms with Crippen molar-refractivity contribution >= 4 is 17.4 Å². The first-order valence-electron chi connectivity index (χ1n) is 6.24. The van der Waals surface area contributed by atoms with Crippen LogP contribution in [0.15, 0.2) is 12.3 Å². The Balaban J connectivity index is 2.05. The molecule has 0 N–H and O–H groups in total. The van der Waals surface area contributed by atoms with E-state index >= 15 is 0 Å². The van der Waals surface area contributed by atoms with Crippen LogP contribution in [-0.4, -0.2) is 31.3 Å². The van der Waals surface area contributed by atoms with E-state index in [1.807, 2.05) is 7.05 Å². The van der Waals surface area contributed by atoms with Gasteiger partial charge in [-0.3, -0.25) is 0 Å². The number of alkyl halides is 1. The van der Waals surface area contributed by atoms with E-state index in [1.165, 1.54) is 6.42 Å². The Morgan fingerprint density at radius 2 is 2.39 bits per heavy atom. The molecule has 0 aliphatic carbocycles. The number of ether oxygens (including phenoxy) is 1. The minimum atomic E-state index is -0.328. The van der Waals surface area contributed by atoms with E-state index in [1.54, 1.807) is 17.2 Å². The van der Waals surface area contributed by atoms with E-state index in [9.17, 15) is 4.39 Å². The second kappa shape index (κ2) is 6.34. The molecule has 0 aromatic carbocycles.